The topological polar surface area (TPSA) is 262 Å². The zero-order chi connectivity index (χ0) is 53.8. The number of amides is 1. The van der Waals surface area contributed by atoms with Gasteiger partial charge in [0.05, 0.1) is 107 Å². The van der Waals surface area contributed by atoms with Crippen LogP contribution in [0.5, 0.6) is 0 Å². The number of carbonyl (C=O) groups excluding carboxylic acids is 1. The van der Waals surface area contributed by atoms with Crippen LogP contribution in [0.2, 0.25) is 0 Å². The number of anilines is 4. The van der Waals surface area contributed by atoms with E-state index in [0.717, 1.165) is 142 Å². The van der Waals surface area contributed by atoms with Crippen LogP contribution in [0.3, 0.4) is 0 Å². The number of rotatable bonds is 10. The Labute approximate surface area is 449 Å². The molecule has 3 aliphatic heterocycles. The highest BCUT2D eigenvalue weighted by Gasteiger charge is 2.23. The van der Waals surface area contributed by atoms with Gasteiger partial charge in [0, 0.05) is 77.5 Å². The SMILES string of the molecule is Nc1ccccc1N.Nc1ccccc1NC(=O)c1nc(CN2CCOCC2)c2ccccn12.O=C(O)c1nc(CN2CCOCC2)c2ccccn12.c1ccc2[nH]c(-c3nc(CN4CCOCC4)c4ccccn34)nc2c1. The smallest absolute Gasteiger partial charge is 0.372 e. The van der Waals surface area contributed by atoms with E-state index in [2.05, 4.69) is 51.5 Å². The summed E-state index contributed by atoms with van der Waals surface area (Å²) < 4.78 is 21.7. The highest BCUT2D eigenvalue weighted by atomic mass is 16.5. The molecule has 3 aromatic carbocycles. The van der Waals surface area contributed by atoms with Gasteiger partial charge in [-0.2, -0.15) is 0 Å². The summed E-state index contributed by atoms with van der Waals surface area (Å²) >= 11 is 0. The number of benzene rings is 3. The number of aromatic amines is 1. The minimum atomic E-state index is -1.01. The van der Waals surface area contributed by atoms with Crippen molar-refractivity contribution in [2.24, 2.45) is 0 Å². The van der Waals surface area contributed by atoms with Gasteiger partial charge in [-0.25, -0.2) is 24.7 Å². The molecule has 0 saturated carbocycles. The third-order valence-corrected chi connectivity index (χ3v) is 13.5. The second-order valence-electron chi connectivity index (χ2n) is 18.8. The lowest BCUT2D eigenvalue weighted by Gasteiger charge is -2.25. The first-order valence-electron chi connectivity index (χ1n) is 25.9. The van der Waals surface area contributed by atoms with Crippen LogP contribution in [0.25, 0.3) is 39.2 Å². The standard InChI is InChI=1S/C19H21N5O2.C19H19N5O.C13H15N3O3.C6H8N2/c20-14-5-1-2-6-15(14)22-19(25)18-21-16(13-23-9-11-26-12-10-23)17-7-3-4-8-24(17)18;1-2-6-15-14(5-1)20-18(21-15)19-22-16(13-23-9-11-25-12-10-23)17-7-3-4-8-24(17)19;17-13(18)12-14-10(9-15-5-7-19-8-6-15)11-3-1-2-4-16(11)12;7-5-3-1-2-4-6(5)8/h1-8H,9-13,20H2,(H,22,25);1-8H,9-13H2,(H,20,21);1-4H,5-9H2,(H,17,18);1-4H,7-8H2. The maximum Gasteiger partial charge on any atom is 0.372 e. The van der Waals surface area contributed by atoms with Crippen molar-refractivity contribution in [1.29, 1.82) is 0 Å². The number of nitrogens with two attached hydrogens (primary N) is 3. The van der Waals surface area contributed by atoms with Crippen LogP contribution in [-0.2, 0) is 33.8 Å². The lowest BCUT2D eigenvalue weighted by atomic mass is 10.2. The van der Waals surface area contributed by atoms with Crippen molar-refractivity contribution in [2.75, 3.05) is 101 Å². The number of hydrogen-bond acceptors (Lipinski definition) is 15. The Bertz CT molecular complexity index is 3570. The number of carboxylic acid groups (broad SMARTS) is 1. The number of hydrogen-bond donors (Lipinski definition) is 6. The number of para-hydroxylation sites is 6. The number of ether oxygens (including phenoxy) is 3. The minimum absolute atomic E-state index is 0.0684. The molecular weight excluding hydrogens is 991 g/mol. The van der Waals surface area contributed by atoms with Crippen molar-refractivity contribution in [3.63, 3.8) is 0 Å². The number of pyridine rings is 3. The molecule has 0 bridgehead atoms. The molecule has 21 heteroatoms. The van der Waals surface area contributed by atoms with Crippen LogP contribution in [0.4, 0.5) is 22.7 Å². The summed E-state index contributed by atoms with van der Waals surface area (Å²) in [6.45, 7) is 12.0. The van der Waals surface area contributed by atoms with Crippen LogP contribution in [0.1, 0.15) is 38.3 Å². The molecule has 0 radical (unpaired) electrons. The van der Waals surface area contributed by atoms with Gasteiger partial charge < -0.3 is 46.8 Å². The Morgan fingerprint density at radius 1 is 0.500 bits per heavy atom. The van der Waals surface area contributed by atoms with E-state index in [1.165, 1.54) is 0 Å². The summed E-state index contributed by atoms with van der Waals surface area (Å²) in [6, 6.07) is 40.1. The molecule has 0 atom stereocenters. The van der Waals surface area contributed by atoms with E-state index in [4.69, 9.17) is 41.4 Å². The Balaban J connectivity index is 0.000000125. The number of carboxylic acids is 1. The van der Waals surface area contributed by atoms with Crippen LogP contribution in [0, 0.1) is 0 Å². The molecule has 7 aromatic heterocycles. The number of nitrogens with zero attached hydrogens (tertiary/aromatic N) is 10. The summed E-state index contributed by atoms with van der Waals surface area (Å²) in [5, 5.41) is 12.0. The number of aromatic carboxylic acids is 1. The van der Waals surface area contributed by atoms with E-state index >= 15 is 0 Å². The number of aromatic nitrogens is 8. The molecule has 78 heavy (non-hydrogen) atoms. The van der Waals surface area contributed by atoms with Gasteiger partial charge in [-0.3, -0.25) is 32.7 Å². The molecule has 3 fully saturated rings. The lowest BCUT2D eigenvalue weighted by molar-refractivity contribution is 0.0338. The third-order valence-electron chi connectivity index (χ3n) is 13.5. The number of nitrogens with one attached hydrogen (secondary N) is 2. The summed E-state index contributed by atoms with van der Waals surface area (Å²) in [5.41, 5.74) is 26.8. The first-order chi connectivity index (χ1) is 38.2. The van der Waals surface area contributed by atoms with Crippen molar-refractivity contribution in [3.8, 4) is 11.6 Å². The number of imidazole rings is 4. The fourth-order valence-corrected chi connectivity index (χ4v) is 9.40. The molecule has 10 aromatic rings. The molecule has 0 spiro atoms. The highest BCUT2D eigenvalue weighted by Crippen LogP contribution is 2.25. The first-order valence-corrected chi connectivity index (χ1v) is 25.9. The third kappa shape index (κ3) is 12.6. The van der Waals surface area contributed by atoms with Crippen LogP contribution >= 0.6 is 0 Å². The van der Waals surface area contributed by atoms with E-state index in [9.17, 15) is 14.7 Å². The van der Waals surface area contributed by atoms with Gasteiger partial charge in [0.25, 0.3) is 5.91 Å². The van der Waals surface area contributed by atoms with Crippen molar-refractivity contribution in [2.45, 2.75) is 19.6 Å². The van der Waals surface area contributed by atoms with E-state index in [1.807, 2.05) is 102 Å². The molecular formula is C57H63N15O6. The maximum absolute atomic E-state index is 12.8. The molecule has 0 unspecified atom stereocenters. The number of fused-ring (bicyclic) bond motifs is 4. The summed E-state index contributed by atoms with van der Waals surface area (Å²) in [7, 11) is 0. The number of carbonyl (C=O) groups is 2. The van der Waals surface area contributed by atoms with Gasteiger partial charge in [-0.1, -0.05) is 54.6 Å². The van der Waals surface area contributed by atoms with Crippen molar-refractivity contribution < 1.29 is 28.9 Å². The number of nitrogen functional groups attached to an aromatic ring is 3. The highest BCUT2D eigenvalue weighted by molar-refractivity contribution is 6.04. The molecule has 21 nitrogen and oxygen atoms in total. The Morgan fingerprint density at radius 2 is 0.923 bits per heavy atom. The Kier molecular flexibility index (Phi) is 16.9. The predicted octanol–water partition coefficient (Wildman–Crippen LogP) is 6.43. The molecule has 402 valence electrons. The molecule has 9 N–H and O–H groups in total. The average Bonchev–Trinajstić information content (AvgIpc) is 4.33. The molecule has 1 amide bonds. The molecule has 3 saturated heterocycles. The lowest BCUT2D eigenvalue weighted by Crippen LogP contribution is -2.35. The van der Waals surface area contributed by atoms with Gasteiger partial charge in [0.2, 0.25) is 11.6 Å². The second-order valence-corrected chi connectivity index (χ2v) is 18.8. The maximum atomic E-state index is 12.8. The summed E-state index contributed by atoms with van der Waals surface area (Å²) in [4.78, 5) is 52.9. The normalized spacial score (nSPS) is 15.2. The fraction of sp³-hybridized carbons (Fsp3) is 0.263. The van der Waals surface area contributed by atoms with Crippen LogP contribution in [-0.4, -0.2) is 149 Å². The van der Waals surface area contributed by atoms with E-state index in [0.29, 0.717) is 41.7 Å². The van der Waals surface area contributed by atoms with Crippen molar-refractivity contribution in [1.82, 2.24) is 52.8 Å². The quantitative estimate of drug-likeness (QED) is 0.0807. The monoisotopic (exact) mass is 1050 g/mol. The fourth-order valence-electron chi connectivity index (χ4n) is 9.40. The van der Waals surface area contributed by atoms with Gasteiger partial charge in [-0.05, 0) is 72.8 Å². The molecule has 3 aliphatic rings. The molecule has 0 aliphatic carbocycles. The largest absolute Gasteiger partial charge is 0.475 e. The second kappa shape index (κ2) is 25.0. The zero-order valence-electron chi connectivity index (χ0n) is 43.2. The molecule has 13 rings (SSSR count). The van der Waals surface area contributed by atoms with Gasteiger partial charge >= 0.3 is 5.97 Å². The van der Waals surface area contributed by atoms with Crippen LogP contribution < -0.4 is 22.5 Å². The van der Waals surface area contributed by atoms with Gasteiger partial charge in [0.15, 0.2) is 11.6 Å². The van der Waals surface area contributed by atoms with E-state index in [1.54, 1.807) is 40.9 Å². The summed E-state index contributed by atoms with van der Waals surface area (Å²) in [6.07, 6.45) is 5.64. The summed E-state index contributed by atoms with van der Waals surface area (Å²) in [5.74, 6) is 0.795. The van der Waals surface area contributed by atoms with Gasteiger partial charge in [0.1, 0.15) is 0 Å². The Hall–Kier alpha value is -8.70. The van der Waals surface area contributed by atoms with E-state index < -0.39 is 5.97 Å². The van der Waals surface area contributed by atoms with Crippen molar-refractivity contribution >= 4 is 62.2 Å². The minimum Gasteiger partial charge on any atom is -0.475 e. The number of morpholine rings is 3. The van der Waals surface area contributed by atoms with Crippen molar-refractivity contribution in [3.05, 3.63) is 175 Å². The van der Waals surface area contributed by atoms with Gasteiger partial charge in [-0.15, -0.1) is 0 Å². The predicted molar refractivity (Wildman–Crippen MR) is 300 cm³/mol. The zero-order valence-corrected chi connectivity index (χ0v) is 43.2. The number of H-pyrrole nitrogens is 1. The van der Waals surface area contributed by atoms with Crippen LogP contribution in [0.15, 0.2) is 146 Å². The average molecular weight is 1050 g/mol. The molecule has 10 heterocycles. The van der Waals surface area contributed by atoms with E-state index in [-0.39, 0.29) is 11.7 Å². The Morgan fingerprint density at radius 3 is 1.42 bits per heavy atom. The first kappa shape index (κ1) is 52.7.